The number of esters is 1. The number of nitrogens with zero attached hydrogens (tertiary/aromatic N) is 1. The Morgan fingerprint density at radius 1 is 1.41 bits per heavy atom. The van der Waals surface area contributed by atoms with Gasteiger partial charge in [-0.1, -0.05) is 41.9 Å². The Hall–Kier alpha value is -1.81. The zero-order chi connectivity index (χ0) is 12.3. The van der Waals surface area contributed by atoms with Gasteiger partial charge in [-0.25, -0.2) is 4.79 Å². The summed E-state index contributed by atoms with van der Waals surface area (Å²) in [5, 5.41) is 0.152. The molecule has 1 heterocycles. The summed E-state index contributed by atoms with van der Waals surface area (Å²) < 4.78 is 10.1. The number of hydrogen-bond acceptors (Lipinski definition) is 4. The van der Waals surface area contributed by atoms with Crippen molar-refractivity contribution in [1.82, 2.24) is 4.98 Å². The van der Waals surface area contributed by atoms with E-state index in [1.807, 2.05) is 30.3 Å². The molecule has 0 bridgehead atoms. The van der Waals surface area contributed by atoms with Crippen LogP contribution in [0.5, 0.6) is 0 Å². The Bertz CT molecular complexity index is 522. The lowest BCUT2D eigenvalue weighted by atomic mass is 10.2. The molecule has 5 heteroatoms. The molecule has 0 atom stereocenters. The van der Waals surface area contributed by atoms with Gasteiger partial charge in [0.1, 0.15) is 0 Å². The third kappa shape index (κ3) is 2.47. The monoisotopic (exact) mass is 251 g/mol. The Balaban J connectivity index is 2.35. The van der Waals surface area contributed by atoms with Gasteiger partial charge >= 0.3 is 11.9 Å². The van der Waals surface area contributed by atoms with Crippen LogP contribution >= 0.6 is 11.6 Å². The Labute approximate surface area is 103 Å². The number of ether oxygens (including phenoxy) is 1. The van der Waals surface area contributed by atoms with Crippen molar-refractivity contribution in [2.24, 2.45) is 0 Å². The topological polar surface area (TPSA) is 52.3 Å². The maximum absolute atomic E-state index is 11.4. The van der Waals surface area contributed by atoms with Crippen molar-refractivity contribution in [3.05, 3.63) is 41.4 Å². The molecule has 0 amide bonds. The van der Waals surface area contributed by atoms with Gasteiger partial charge in [-0.05, 0) is 6.92 Å². The number of carbonyl (C=O) groups is 1. The second kappa shape index (κ2) is 5.01. The Morgan fingerprint density at radius 3 is 2.76 bits per heavy atom. The minimum absolute atomic E-state index is 0.129. The zero-order valence-corrected chi connectivity index (χ0v) is 9.90. The van der Waals surface area contributed by atoms with Crippen LogP contribution < -0.4 is 0 Å². The number of carbonyl (C=O) groups excluding carboxylic acids is 1. The highest BCUT2D eigenvalue weighted by Crippen LogP contribution is 2.28. The Kier molecular flexibility index (Phi) is 3.44. The van der Waals surface area contributed by atoms with Gasteiger partial charge in [0.2, 0.25) is 0 Å². The molecular weight excluding hydrogens is 242 g/mol. The molecule has 0 saturated carbocycles. The summed E-state index contributed by atoms with van der Waals surface area (Å²) in [5.74, 6) is -0.373. The van der Waals surface area contributed by atoms with E-state index in [-0.39, 0.29) is 17.7 Å². The summed E-state index contributed by atoms with van der Waals surface area (Å²) in [6.07, 6.45) is 0. The highest BCUT2D eigenvalue weighted by atomic mass is 35.5. The molecule has 0 spiro atoms. The molecule has 0 aliphatic carbocycles. The average molecular weight is 252 g/mol. The smallest absolute Gasteiger partial charge is 0.394 e. The van der Waals surface area contributed by atoms with Gasteiger partial charge in [0.15, 0.2) is 10.9 Å². The highest BCUT2D eigenvalue weighted by Gasteiger charge is 2.19. The number of oxazole rings is 1. The molecule has 1 aromatic heterocycles. The molecule has 0 N–H and O–H groups in total. The molecule has 0 radical (unpaired) electrons. The summed E-state index contributed by atoms with van der Waals surface area (Å²) in [6.45, 7) is 1.97. The van der Waals surface area contributed by atoms with E-state index in [4.69, 9.17) is 20.8 Å². The van der Waals surface area contributed by atoms with Gasteiger partial charge in [0.05, 0.1) is 6.61 Å². The van der Waals surface area contributed by atoms with Gasteiger partial charge in [-0.3, -0.25) is 0 Å². The first-order valence-corrected chi connectivity index (χ1v) is 5.49. The lowest BCUT2D eigenvalue weighted by Gasteiger charge is -1.96. The number of aromatic nitrogens is 1. The van der Waals surface area contributed by atoms with Gasteiger partial charge in [-0.15, -0.1) is 0 Å². The van der Waals surface area contributed by atoms with E-state index in [0.717, 1.165) is 5.56 Å². The van der Waals surface area contributed by atoms with Crippen LogP contribution in [0, 0.1) is 0 Å². The lowest BCUT2D eigenvalue weighted by molar-refractivity contribution is 0.0482. The van der Waals surface area contributed by atoms with Crippen LogP contribution in [0.4, 0.5) is 0 Å². The molecule has 2 aromatic rings. The number of benzene rings is 1. The van der Waals surface area contributed by atoms with Crippen molar-refractivity contribution >= 4 is 17.6 Å². The van der Waals surface area contributed by atoms with E-state index in [1.54, 1.807) is 6.92 Å². The molecule has 0 aliphatic heterocycles. The van der Waals surface area contributed by atoms with Crippen LogP contribution in [0.15, 0.2) is 34.7 Å². The number of hydrogen-bond donors (Lipinski definition) is 0. The first-order valence-electron chi connectivity index (χ1n) is 5.11. The van der Waals surface area contributed by atoms with E-state index in [9.17, 15) is 4.79 Å². The predicted molar refractivity (Wildman–Crippen MR) is 62.9 cm³/mol. The lowest BCUT2D eigenvalue weighted by Crippen LogP contribution is -2.04. The largest absolute Gasteiger partial charge is 0.459 e. The molecule has 0 unspecified atom stereocenters. The first-order chi connectivity index (χ1) is 8.22. The van der Waals surface area contributed by atoms with E-state index in [1.165, 1.54) is 0 Å². The van der Waals surface area contributed by atoms with Gasteiger partial charge in [0, 0.05) is 5.56 Å². The van der Waals surface area contributed by atoms with Gasteiger partial charge < -0.3 is 9.15 Å². The van der Waals surface area contributed by atoms with E-state index in [0.29, 0.717) is 5.76 Å². The third-order valence-corrected chi connectivity index (χ3v) is 2.33. The first kappa shape index (κ1) is 11.7. The number of rotatable bonds is 3. The third-order valence-electron chi connectivity index (χ3n) is 2.07. The van der Waals surface area contributed by atoms with Crippen LogP contribution in [-0.4, -0.2) is 17.6 Å². The van der Waals surface area contributed by atoms with Crippen molar-refractivity contribution < 1.29 is 13.9 Å². The molecule has 0 saturated heterocycles. The van der Waals surface area contributed by atoms with E-state index < -0.39 is 5.97 Å². The van der Waals surface area contributed by atoms with Crippen molar-refractivity contribution in [2.75, 3.05) is 6.61 Å². The van der Waals surface area contributed by atoms with Crippen molar-refractivity contribution in [3.8, 4) is 11.3 Å². The maximum Gasteiger partial charge on any atom is 0.394 e. The van der Waals surface area contributed by atoms with E-state index >= 15 is 0 Å². The van der Waals surface area contributed by atoms with E-state index in [2.05, 4.69) is 4.98 Å². The van der Waals surface area contributed by atoms with Gasteiger partial charge in [-0.2, -0.15) is 4.98 Å². The van der Waals surface area contributed by atoms with Crippen molar-refractivity contribution in [2.45, 2.75) is 6.92 Å². The summed E-state index contributed by atoms with van der Waals surface area (Å²) in [7, 11) is 0. The Morgan fingerprint density at radius 2 is 2.12 bits per heavy atom. The summed E-state index contributed by atoms with van der Waals surface area (Å²) in [5.41, 5.74) is 0.764. The predicted octanol–water partition coefficient (Wildman–Crippen LogP) is 3.17. The SMILES string of the molecule is CCOC(=O)c1nc(Cl)c(-c2ccccc2)o1. The van der Waals surface area contributed by atoms with Crippen molar-refractivity contribution in [1.29, 1.82) is 0 Å². The highest BCUT2D eigenvalue weighted by molar-refractivity contribution is 6.31. The minimum atomic E-state index is -0.614. The van der Waals surface area contributed by atoms with Crippen molar-refractivity contribution in [3.63, 3.8) is 0 Å². The fraction of sp³-hybridized carbons (Fsp3) is 0.167. The average Bonchev–Trinajstić information content (AvgIpc) is 2.73. The molecule has 4 nitrogen and oxygen atoms in total. The van der Waals surface area contributed by atoms with Crippen LogP contribution in [-0.2, 0) is 4.74 Å². The normalized spacial score (nSPS) is 10.2. The molecule has 1 aromatic carbocycles. The fourth-order valence-corrected chi connectivity index (χ4v) is 1.57. The molecular formula is C12H10ClNO3. The summed E-state index contributed by atoms with van der Waals surface area (Å²) in [6, 6.07) is 9.21. The molecule has 88 valence electrons. The summed E-state index contributed by atoms with van der Waals surface area (Å²) in [4.78, 5) is 15.2. The molecule has 2 rings (SSSR count). The molecule has 0 fully saturated rings. The maximum atomic E-state index is 11.4. The fourth-order valence-electron chi connectivity index (χ4n) is 1.35. The molecule has 17 heavy (non-hydrogen) atoms. The minimum Gasteiger partial charge on any atom is -0.459 e. The second-order valence-electron chi connectivity index (χ2n) is 3.23. The number of halogens is 1. The standard InChI is InChI=1S/C12H10ClNO3/c1-2-16-12(15)11-14-10(13)9(17-11)8-6-4-3-5-7-8/h3-7H,2H2,1H3. The molecule has 0 aliphatic rings. The zero-order valence-electron chi connectivity index (χ0n) is 9.14. The van der Waals surface area contributed by atoms with Gasteiger partial charge in [0.25, 0.3) is 0 Å². The second-order valence-corrected chi connectivity index (χ2v) is 3.58. The van der Waals surface area contributed by atoms with Crippen LogP contribution in [0.2, 0.25) is 5.15 Å². The van der Waals surface area contributed by atoms with Crippen LogP contribution in [0.3, 0.4) is 0 Å². The quantitative estimate of drug-likeness (QED) is 0.787. The van der Waals surface area contributed by atoms with Crippen LogP contribution in [0.1, 0.15) is 17.6 Å². The van der Waals surface area contributed by atoms with Crippen LogP contribution in [0.25, 0.3) is 11.3 Å². The summed E-state index contributed by atoms with van der Waals surface area (Å²) >= 11 is 5.91.